The molecule has 6 heteroatoms. The SMILES string of the molecule is CC(C)Oc1ccc2ccccc2c1/C=C1/SC(=O)N(Cc2ccccc2F)C1=O. The number of rotatable bonds is 5. The Labute approximate surface area is 178 Å². The first-order valence-electron chi connectivity index (χ1n) is 9.61. The van der Waals surface area contributed by atoms with Gasteiger partial charge in [0.1, 0.15) is 11.6 Å². The van der Waals surface area contributed by atoms with Crippen LogP contribution in [0.5, 0.6) is 5.75 Å². The summed E-state index contributed by atoms with van der Waals surface area (Å²) in [6.07, 6.45) is 1.65. The molecule has 30 heavy (non-hydrogen) atoms. The summed E-state index contributed by atoms with van der Waals surface area (Å²) in [5.41, 5.74) is 1.05. The smallest absolute Gasteiger partial charge is 0.293 e. The van der Waals surface area contributed by atoms with Crippen LogP contribution in [0.15, 0.2) is 65.6 Å². The summed E-state index contributed by atoms with van der Waals surface area (Å²) >= 11 is 0.858. The highest BCUT2D eigenvalue weighted by atomic mass is 32.2. The van der Waals surface area contributed by atoms with E-state index in [1.54, 1.807) is 24.3 Å². The Balaban J connectivity index is 1.73. The van der Waals surface area contributed by atoms with Gasteiger partial charge in [0, 0.05) is 11.1 Å². The summed E-state index contributed by atoms with van der Waals surface area (Å²) in [6, 6.07) is 17.8. The second-order valence-corrected chi connectivity index (χ2v) is 8.22. The maximum absolute atomic E-state index is 14.0. The first-order valence-corrected chi connectivity index (χ1v) is 10.4. The fraction of sp³-hybridized carbons (Fsp3) is 0.167. The zero-order valence-electron chi connectivity index (χ0n) is 16.6. The van der Waals surface area contributed by atoms with Gasteiger partial charge in [-0.2, -0.15) is 0 Å². The van der Waals surface area contributed by atoms with E-state index in [0.717, 1.165) is 33.0 Å². The van der Waals surface area contributed by atoms with E-state index in [9.17, 15) is 14.0 Å². The summed E-state index contributed by atoms with van der Waals surface area (Å²) in [5.74, 6) is -0.233. The molecule has 0 spiro atoms. The second-order valence-electron chi connectivity index (χ2n) is 7.22. The second kappa shape index (κ2) is 8.32. The summed E-state index contributed by atoms with van der Waals surface area (Å²) in [5, 5.41) is 1.52. The topological polar surface area (TPSA) is 46.6 Å². The summed E-state index contributed by atoms with van der Waals surface area (Å²) in [7, 11) is 0. The lowest BCUT2D eigenvalue weighted by molar-refractivity contribution is -0.123. The van der Waals surface area contributed by atoms with Crippen molar-refractivity contribution in [3.8, 4) is 5.75 Å². The Hall–Kier alpha value is -3.12. The minimum absolute atomic E-state index is 0.0468. The van der Waals surface area contributed by atoms with Gasteiger partial charge in [-0.3, -0.25) is 14.5 Å². The van der Waals surface area contributed by atoms with Crippen molar-refractivity contribution in [3.63, 3.8) is 0 Å². The zero-order chi connectivity index (χ0) is 21.3. The molecule has 1 fully saturated rings. The molecule has 4 rings (SSSR count). The van der Waals surface area contributed by atoms with Gasteiger partial charge in [-0.1, -0.05) is 48.5 Å². The Morgan fingerprint density at radius 1 is 1.03 bits per heavy atom. The van der Waals surface area contributed by atoms with Gasteiger partial charge in [0.25, 0.3) is 11.1 Å². The number of nitrogens with zero attached hydrogens (tertiary/aromatic N) is 1. The summed E-state index contributed by atoms with van der Waals surface area (Å²) in [6.45, 7) is 3.77. The van der Waals surface area contributed by atoms with Gasteiger partial charge in [-0.05, 0) is 54.6 Å². The zero-order valence-corrected chi connectivity index (χ0v) is 17.4. The Morgan fingerprint density at radius 2 is 1.77 bits per heavy atom. The number of hydrogen-bond donors (Lipinski definition) is 0. The van der Waals surface area contributed by atoms with Gasteiger partial charge in [0.15, 0.2) is 0 Å². The number of benzene rings is 3. The van der Waals surface area contributed by atoms with E-state index in [4.69, 9.17) is 4.74 Å². The monoisotopic (exact) mass is 421 g/mol. The summed E-state index contributed by atoms with van der Waals surface area (Å²) in [4.78, 5) is 26.8. The minimum Gasteiger partial charge on any atom is -0.490 e. The lowest BCUT2D eigenvalue weighted by Gasteiger charge is -2.15. The normalized spacial score (nSPS) is 15.6. The van der Waals surface area contributed by atoms with Gasteiger partial charge in [-0.15, -0.1) is 0 Å². The average molecular weight is 421 g/mol. The largest absolute Gasteiger partial charge is 0.490 e. The molecule has 0 atom stereocenters. The van der Waals surface area contributed by atoms with Crippen LogP contribution < -0.4 is 4.74 Å². The van der Waals surface area contributed by atoms with Crippen molar-refractivity contribution in [1.82, 2.24) is 4.90 Å². The van der Waals surface area contributed by atoms with Gasteiger partial charge in [0.2, 0.25) is 0 Å². The molecule has 3 aromatic rings. The van der Waals surface area contributed by atoms with Crippen molar-refractivity contribution in [1.29, 1.82) is 0 Å². The highest BCUT2D eigenvalue weighted by Gasteiger charge is 2.35. The van der Waals surface area contributed by atoms with E-state index in [2.05, 4.69) is 0 Å². The molecule has 0 saturated carbocycles. The Morgan fingerprint density at radius 3 is 2.53 bits per heavy atom. The fourth-order valence-corrected chi connectivity index (χ4v) is 4.17. The molecule has 4 nitrogen and oxygen atoms in total. The molecular formula is C24H20FNO3S. The number of amides is 2. The first kappa shape index (κ1) is 20.2. The number of imide groups is 1. The van der Waals surface area contributed by atoms with Crippen molar-refractivity contribution in [3.05, 3.63) is 82.5 Å². The highest BCUT2D eigenvalue weighted by molar-refractivity contribution is 8.18. The molecule has 0 N–H and O–H groups in total. The lowest BCUT2D eigenvalue weighted by Crippen LogP contribution is -2.27. The van der Waals surface area contributed by atoms with Crippen LogP contribution in [-0.2, 0) is 11.3 Å². The fourth-order valence-electron chi connectivity index (χ4n) is 3.35. The van der Waals surface area contributed by atoms with Crippen molar-refractivity contribution in [2.45, 2.75) is 26.5 Å². The van der Waals surface area contributed by atoms with Gasteiger partial charge < -0.3 is 4.74 Å². The van der Waals surface area contributed by atoms with Crippen LogP contribution in [0.1, 0.15) is 25.0 Å². The third-order valence-corrected chi connectivity index (χ3v) is 5.64. The minimum atomic E-state index is -0.442. The molecule has 1 saturated heterocycles. The standard InChI is InChI=1S/C24H20FNO3S/c1-15(2)29-21-12-11-16-7-3-5-9-18(16)19(21)13-22-23(27)26(24(28)30-22)14-17-8-4-6-10-20(17)25/h3-13,15H,14H2,1-2H3/b22-13+. The van der Waals surface area contributed by atoms with Crippen LogP contribution in [0.2, 0.25) is 0 Å². The Kier molecular flexibility index (Phi) is 5.59. The number of hydrogen-bond acceptors (Lipinski definition) is 4. The van der Waals surface area contributed by atoms with Crippen molar-refractivity contribution in [2.75, 3.05) is 0 Å². The van der Waals surface area contributed by atoms with Crippen LogP contribution >= 0.6 is 11.8 Å². The molecule has 0 aromatic heterocycles. The van der Waals surface area contributed by atoms with Gasteiger partial charge in [0.05, 0.1) is 17.6 Å². The van der Waals surface area contributed by atoms with Crippen LogP contribution in [0, 0.1) is 5.82 Å². The number of carbonyl (C=O) groups excluding carboxylic acids is 2. The molecular weight excluding hydrogens is 401 g/mol. The number of halogens is 1. The van der Waals surface area contributed by atoms with Gasteiger partial charge in [-0.25, -0.2) is 4.39 Å². The van der Waals surface area contributed by atoms with E-state index in [1.807, 2.05) is 50.2 Å². The Bertz CT molecular complexity index is 1170. The molecule has 152 valence electrons. The van der Waals surface area contributed by atoms with Crippen molar-refractivity contribution in [2.24, 2.45) is 0 Å². The average Bonchev–Trinajstić information content (AvgIpc) is 2.98. The first-order chi connectivity index (χ1) is 14.4. The molecule has 2 amide bonds. The molecule has 0 unspecified atom stereocenters. The molecule has 3 aromatic carbocycles. The quantitative estimate of drug-likeness (QED) is 0.474. The summed E-state index contributed by atoms with van der Waals surface area (Å²) < 4.78 is 20.0. The van der Waals surface area contributed by atoms with Crippen LogP contribution in [0.4, 0.5) is 9.18 Å². The number of thioether (sulfide) groups is 1. The molecule has 1 aliphatic rings. The molecule has 0 radical (unpaired) electrons. The number of ether oxygens (including phenoxy) is 1. The third-order valence-electron chi connectivity index (χ3n) is 4.73. The third kappa shape index (κ3) is 3.96. The van der Waals surface area contributed by atoms with E-state index in [1.165, 1.54) is 6.07 Å². The van der Waals surface area contributed by atoms with E-state index in [-0.39, 0.29) is 12.6 Å². The van der Waals surface area contributed by atoms with E-state index < -0.39 is 17.0 Å². The van der Waals surface area contributed by atoms with Crippen molar-refractivity contribution >= 4 is 39.8 Å². The van der Waals surface area contributed by atoms with Crippen LogP contribution in [0.3, 0.4) is 0 Å². The number of carbonyl (C=O) groups is 2. The maximum Gasteiger partial charge on any atom is 0.293 e. The maximum atomic E-state index is 14.0. The molecule has 1 aliphatic heterocycles. The van der Waals surface area contributed by atoms with Gasteiger partial charge >= 0.3 is 0 Å². The molecule has 0 aliphatic carbocycles. The molecule has 0 bridgehead atoms. The van der Waals surface area contributed by atoms with E-state index in [0.29, 0.717) is 16.2 Å². The lowest BCUT2D eigenvalue weighted by atomic mass is 10.0. The molecule has 1 heterocycles. The van der Waals surface area contributed by atoms with Crippen LogP contribution in [0.25, 0.3) is 16.8 Å². The van der Waals surface area contributed by atoms with Crippen LogP contribution in [-0.4, -0.2) is 22.2 Å². The number of fused-ring (bicyclic) bond motifs is 1. The predicted octanol–water partition coefficient (Wildman–Crippen LogP) is 6.00. The van der Waals surface area contributed by atoms with E-state index >= 15 is 0 Å². The van der Waals surface area contributed by atoms with Crippen molar-refractivity contribution < 1.29 is 18.7 Å². The highest BCUT2D eigenvalue weighted by Crippen LogP contribution is 2.37. The predicted molar refractivity (Wildman–Crippen MR) is 118 cm³/mol.